The quantitative estimate of drug-likeness (QED) is 0.510. The van der Waals surface area contributed by atoms with Crippen molar-refractivity contribution in [2.24, 2.45) is 0 Å². The topological polar surface area (TPSA) is 119 Å². The molecule has 0 amide bonds. The summed E-state index contributed by atoms with van der Waals surface area (Å²) in [7, 11) is -3.78. The van der Waals surface area contributed by atoms with Crippen LogP contribution in [0.2, 0.25) is 5.02 Å². The van der Waals surface area contributed by atoms with Gasteiger partial charge >= 0.3 is 0 Å². The Morgan fingerprint density at radius 2 is 2.06 bits per heavy atom. The van der Waals surface area contributed by atoms with Crippen molar-refractivity contribution in [2.75, 3.05) is 6.61 Å². The molecule has 1 aromatic carbocycles. The van der Waals surface area contributed by atoms with Gasteiger partial charge in [-0.2, -0.15) is 0 Å². The fraction of sp³-hybridized carbons (Fsp3) is 0.381. The van der Waals surface area contributed by atoms with E-state index in [2.05, 4.69) is 20.0 Å². The first-order valence-electron chi connectivity index (χ1n) is 10.3. The van der Waals surface area contributed by atoms with Crippen LogP contribution in [0.15, 0.2) is 59.8 Å². The van der Waals surface area contributed by atoms with Crippen LogP contribution in [0.3, 0.4) is 0 Å². The van der Waals surface area contributed by atoms with E-state index in [1.807, 2.05) is 24.4 Å². The zero-order valence-corrected chi connectivity index (χ0v) is 18.8. The zero-order chi connectivity index (χ0) is 22.6. The number of aliphatic hydroxyl groups excluding tert-OH is 1. The Morgan fingerprint density at radius 1 is 1.19 bits per heavy atom. The van der Waals surface area contributed by atoms with Crippen LogP contribution in [0.5, 0.6) is 0 Å². The average molecular weight is 478 g/mol. The molecule has 3 heterocycles. The number of benzene rings is 1. The van der Waals surface area contributed by atoms with Crippen LogP contribution in [-0.4, -0.2) is 58.4 Å². The van der Waals surface area contributed by atoms with Crippen molar-refractivity contribution in [2.45, 2.75) is 49.0 Å². The highest BCUT2D eigenvalue weighted by Crippen LogP contribution is 2.25. The van der Waals surface area contributed by atoms with Gasteiger partial charge in [0.2, 0.25) is 10.0 Å². The number of rotatable bonds is 8. The van der Waals surface area contributed by atoms with Gasteiger partial charge in [-0.3, -0.25) is 9.67 Å². The van der Waals surface area contributed by atoms with E-state index in [4.69, 9.17) is 16.3 Å². The molecule has 170 valence electrons. The molecule has 0 unspecified atom stereocenters. The Kier molecular flexibility index (Phi) is 7.17. The summed E-state index contributed by atoms with van der Waals surface area (Å²) in [5.41, 5.74) is 1.45. The molecule has 32 heavy (non-hydrogen) atoms. The molecule has 2 aromatic heterocycles. The maximum atomic E-state index is 12.7. The number of nitrogens with zero attached hydrogens (tertiary/aromatic N) is 4. The molecule has 1 aliphatic heterocycles. The SMILES string of the molecule is O=S(=O)(N[C@H]1CC[C@H](CCn2cc(-c3ccccn3)nn2)O[C@H]1CO)c1cccc(Cl)c1. The smallest absolute Gasteiger partial charge is 0.240 e. The van der Waals surface area contributed by atoms with Crippen LogP contribution in [0, 0.1) is 0 Å². The van der Waals surface area contributed by atoms with Crippen molar-refractivity contribution in [3.63, 3.8) is 0 Å². The van der Waals surface area contributed by atoms with E-state index < -0.39 is 22.2 Å². The van der Waals surface area contributed by atoms with Gasteiger partial charge in [0, 0.05) is 17.8 Å². The lowest BCUT2D eigenvalue weighted by Crippen LogP contribution is -2.50. The number of nitrogens with one attached hydrogen (secondary N) is 1. The number of aliphatic hydroxyl groups is 1. The van der Waals surface area contributed by atoms with Crippen molar-refractivity contribution in [1.82, 2.24) is 24.7 Å². The molecule has 4 rings (SSSR count). The molecular formula is C21H24ClN5O4S. The number of ether oxygens (including phenoxy) is 1. The van der Waals surface area contributed by atoms with Crippen LogP contribution >= 0.6 is 11.6 Å². The number of pyridine rings is 1. The average Bonchev–Trinajstić information content (AvgIpc) is 3.28. The highest BCUT2D eigenvalue weighted by atomic mass is 35.5. The highest BCUT2D eigenvalue weighted by Gasteiger charge is 2.34. The van der Waals surface area contributed by atoms with Crippen molar-refractivity contribution in [1.29, 1.82) is 0 Å². The second-order valence-corrected chi connectivity index (χ2v) is 9.76. The third-order valence-electron chi connectivity index (χ3n) is 5.35. The predicted octanol–water partition coefficient (Wildman–Crippen LogP) is 2.27. The van der Waals surface area contributed by atoms with E-state index in [0.717, 1.165) is 5.69 Å². The summed E-state index contributed by atoms with van der Waals surface area (Å²) in [6.45, 7) is 0.300. The van der Waals surface area contributed by atoms with Crippen molar-refractivity contribution in [3.8, 4) is 11.4 Å². The standard InChI is InChI=1S/C21H24ClN5O4S/c22-15-4-3-5-17(12-15)32(29,30)25-19-8-7-16(31-21(19)14-28)9-11-27-13-20(24-26-27)18-6-1-2-10-23-18/h1-6,10,12-13,16,19,21,25,28H,7-9,11,14H2/t16-,19+,21+/m1/s1. The highest BCUT2D eigenvalue weighted by molar-refractivity contribution is 7.89. The maximum absolute atomic E-state index is 12.7. The van der Waals surface area contributed by atoms with Crippen LogP contribution < -0.4 is 4.72 Å². The van der Waals surface area contributed by atoms with Gasteiger partial charge in [-0.1, -0.05) is 28.9 Å². The number of halogens is 1. The summed E-state index contributed by atoms with van der Waals surface area (Å²) in [4.78, 5) is 4.35. The van der Waals surface area contributed by atoms with Crippen LogP contribution in [0.25, 0.3) is 11.4 Å². The van der Waals surface area contributed by atoms with Gasteiger partial charge in [-0.15, -0.1) is 5.10 Å². The van der Waals surface area contributed by atoms with Crippen LogP contribution in [0.1, 0.15) is 19.3 Å². The zero-order valence-electron chi connectivity index (χ0n) is 17.2. The minimum atomic E-state index is -3.78. The lowest BCUT2D eigenvalue weighted by Gasteiger charge is -2.36. The minimum absolute atomic E-state index is 0.0821. The van der Waals surface area contributed by atoms with Crippen molar-refractivity contribution < 1.29 is 18.3 Å². The first kappa shape index (κ1) is 22.8. The Hall–Kier alpha value is -2.37. The maximum Gasteiger partial charge on any atom is 0.240 e. The van der Waals surface area contributed by atoms with Gasteiger partial charge < -0.3 is 9.84 Å². The fourth-order valence-corrected chi connectivity index (χ4v) is 5.30. The van der Waals surface area contributed by atoms with Gasteiger partial charge in [0.05, 0.1) is 41.6 Å². The second-order valence-electron chi connectivity index (χ2n) is 7.61. The molecule has 3 aromatic rings. The van der Waals surface area contributed by atoms with E-state index in [-0.39, 0.29) is 17.6 Å². The molecule has 0 aliphatic carbocycles. The fourth-order valence-electron chi connectivity index (χ4n) is 3.70. The number of aromatic nitrogens is 4. The molecule has 1 aliphatic rings. The molecule has 9 nitrogen and oxygen atoms in total. The second kappa shape index (κ2) is 10.1. The largest absolute Gasteiger partial charge is 0.394 e. The summed E-state index contributed by atoms with van der Waals surface area (Å²) >= 11 is 5.92. The lowest BCUT2D eigenvalue weighted by atomic mass is 9.98. The molecule has 1 fully saturated rings. The Morgan fingerprint density at radius 3 is 2.81 bits per heavy atom. The summed E-state index contributed by atoms with van der Waals surface area (Å²) in [6, 6.07) is 11.1. The molecular weight excluding hydrogens is 454 g/mol. The predicted molar refractivity (Wildman–Crippen MR) is 118 cm³/mol. The third-order valence-corrected chi connectivity index (χ3v) is 7.08. The molecule has 11 heteroatoms. The van der Waals surface area contributed by atoms with Crippen LogP contribution in [0.4, 0.5) is 0 Å². The van der Waals surface area contributed by atoms with Gasteiger partial charge in [0.15, 0.2) is 0 Å². The Labute approximate surface area is 191 Å². The molecule has 0 radical (unpaired) electrons. The minimum Gasteiger partial charge on any atom is -0.394 e. The van der Waals surface area contributed by atoms with Gasteiger partial charge in [-0.05, 0) is 49.6 Å². The van der Waals surface area contributed by atoms with E-state index in [1.54, 1.807) is 23.0 Å². The number of hydrogen-bond donors (Lipinski definition) is 2. The van der Waals surface area contributed by atoms with Gasteiger partial charge in [0.25, 0.3) is 0 Å². The molecule has 3 atom stereocenters. The summed E-state index contributed by atoms with van der Waals surface area (Å²) in [6.07, 6.45) is 4.64. The molecule has 0 spiro atoms. The summed E-state index contributed by atoms with van der Waals surface area (Å²) < 4.78 is 35.8. The first-order valence-corrected chi connectivity index (χ1v) is 12.2. The third kappa shape index (κ3) is 5.51. The lowest BCUT2D eigenvalue weighted by molar-refractivity contribution is -0.0891. The van der Waals surface area contributed by atoms with E-state index in [9.17, 15) is 13.5 Å². The van der Waals surface area contributed by atoms with Gasteiger partial charge in [-0.25, -0.2) is 13.1 Å². The number of hydrogen-bond acceptors (Lipinski definition) is 7. The summed E-state index contributed by atoms with van der Waals surface area (Å²) in [5, 5.41) is 18.4. The molecule has 1 saturated heterocycles. The first-order chi connectivity index (χ1) is 15.4. The Balaban J connectivity index is 1.33. The van der Waals surface area contributed by atoms with E-state index >= 15 is 0 Å². The number of sulfonamides is 1. The van der Waals surface area contributed by atoms with Crippen molar-refractivity contribution >= 4 is 21.6 Å². The monoisotopic (exact) mass is 477 g/mol. The molecule has 0 saturated carbocycles. The molecule has 2 N–H and O–H groups in total. The Bertz CT molecular complexity index is 1140. The van der Waals surface area contributed by atoms with Crippen molar-refractivity contribution in [3.05, 3.63) is 59.9 Å². The van der Waals surface area contributed by atoms with Gasteiger partial charge in [0.1, 0.15) is 5.69 Å². The van der Waals surface area contributed by atoms with E-state index in [1.165, 1.54) is 12.1 Å². The van der Waals surface area contributed by atoms with Crippen LogP contribution in [-0.2, 0) is 21.3 Å². The van der Waals surface area contributed by atoms with E-state index in [0.29, 0.717) is 36.5 Å². The summed E-state index contributed by atoms with van der Waals surface area (Å²) in [5.74, 6) is 0. The normalized spacial score (nSPS) is 21.5. The molecule has 0 bridgehead atoms. The number of aryl methyl sites for hydroxylation is 1.